The fraction of sp³-hybridized carbons (Fsp3) is 0.308. The lowest BCUT2D eigenvalue weighted by molar-refractivity contribution is 0.507. The van der Waals surface area contributed by atoms with Crippen molar-refractivity contribution in [2.75, 3.05) is 0 Å². The summed E-state index contributed by atoms with van der Waals surface area (Å²) in [5.41, 5.74) is 5.04. The van der Waals surface area contributed by atoms with Gasteiger partial charge in [-0.3, -0.25) is 16.0 Å². The summed E-state index contributed by atoms with van der Waals surface area (Å²) in [6.07, 6.45) is 3.58. The summed E-state index contributed by atoms with van der Waals surface area (Å²) in [7, 11) is 1.94. The lowest BCUT2D eigenvalue weighted by Gasteiger charge is -2.17. The van der Waals surface area contributed by atoms with Crippen LogP contribution in [0.5, 0.6) is 0 Å². The van der Waals surface area contributed by atoms with Gasteiger partial charge >= 0.3 is 0 Å². The number of hydrogen-bond acceptors (Lipinski definition) is 3. The molecule has 0 aliphatic rings. The van der Waals surface area contributed by atoms with Crippen molar-refractivity contribution >= 4 is 11.6 Å². The number of nitrogens with one attached hydrogen (secondary N) is 1. The van der Waals surface area contributed by atoms with Gasteiger partial charge < -0.3 is 0 Å². The lowest BCUT2D eigenvalue weighted by Crippen LogP contribution is -2.28. The van der Waals surface area contributed by atoms with Crippen LogP contribution in [0.4, 0.5) is 0 Å². The second-order valence-corrected chi connectivity index (χ2v) is 4.63. The summed E-state index contributed by atoms with van der Waals surface area (Å²) < 4.78 is 1.88. The first-order chi connectivity index (χ1) is 8.72. The minimum absolute atomic E-state index is 0.0496. The van der Waals surface area contributed by atoms with Gasteiger partial charge in [-0.25, -0.2) is 0 Å². The van der Waals surface area contributed by atoms with Gasteiger partial charge in [-0.2, -0.15) is 5.10 Å². The molecule has 96 valence electrons. The quantitative estimate of drug-likeness (QED) is 0.643. The van der Waals surface area contributed by atoms with Crippen molar-refractivity contribution in [2.45, 2.75) is 18.9 Å². The second-order valence-electron chi connectivity index (χ2n) is 4.23. The van der Waals surface area contributed by atoms with Crippen LogP contribution in [0, 0.1) is 0 Å². The average Bonchev–Trinajstić information content (AvgIpc) is 2.78. The molecule has 0 saturated carbocycles. The van der Waals surface area contributed by atoms with Crippen molar-refractivity contribution in [3.05, 3.63) is 52.8 Å². The van der Waals surface area contributed by atoms with Crippen LogP contribution in [0.15, 0.2) is 36.5 Å². The Labute approximate surface area is 112 Å². The first kappa shape index (κ1) is 13.1. The highest BCUT2D eigenvalue weighted by Gasteiger charge is 2.13. The number of aromatic nitrogens is 2. The molecule has 0 fully saturated rings. The van der Waals surface area contributed by atoms with E-state index in [1.165, 1.54) is 5.69 Å². The van der Waals surface area contributed by atoms with E-state index in [2.05, 4.69) is 10.5 Å². The third-order valence-corrected chi connectivity index (χ3v) is 3.44. The monoisotopic (exact) mass is 264 g/mol. The minimum Gasteiger partial charge on any atom is -0.273 e. The van der Waals surface area contributed by atoms with Crippen LogP contribution in [0.3, 0.4) is 0 Å². The zero-order valence-electron chi connectivity index (χ0n) is 10.3. The van der Waals surface area contributed by atoms with Gasteiger partial charge in [0.15, 0.2) is 0 Å². The molecule has 5 heteroatoms. The number of aryl methyl sites for hydroxylation is 2. The van der Waals surface area contributed by atoms with Gasteiger partial charge in [-0.1, -0.05) is 29.8 Å². The van der Waals surface area contributed by atoms with Gasteiger partial charge in [-0.15, -0.1) is 0 Å². The molecule has 4 nitrogen and oxygen atoms in total. The lowest BCUT2D eigenvalue weighted by atomic mass is 10.0. The number of nitrogens with two attached hydrogens (primary N) is 1. The van der Waals surface area contributed by atoms with E-state index in [9.17, 15) is 0 Å². The molecule has 2 aromatic rings. The van der Waals surface area contributed by atoms with Crippen molar-refractivity contribution in [1.82, 2.24) is 15.2 Å². The maximum absolute atomic E-state index is 6.18. The molecule has 2 rings (SSSR count). The molecule has 0 spiro atoms. The molecule has 1 unspecified atom stereocenters. The van der Waals surface area contributed by atoms with Gasteiger partial charge in [-0.05, 0) is 30.5 Å². The Morgan fingerprint density at radius 2 is 2.17 bits per heavy atom. The summed E-state index contributed by atoms with van der Waals surface area (Å²) in [5, 5.41) is 4.89. The van der Waals surface area contributed by atoms with Gasteiger partial charge in [0.2, 0.25) is 0 Å². The topological polar surface area (TPSA) is 55.9 Å². The van der Waals surface area contributed by atoms with Crippen LogP contribution in [0.1, 0.15) is 23.7 Å². The Morgan fingerprint density at radius 3 is 2.78 bits per heavy atom. The molecule has 1 aromatic carbocycles. The molecule has 18 heavy (non-hydrogen) atoms. The Hall–Kier alpha value is -1.36. The molecule has 1 atom stereocenters. The van der Waals surface area contributed by atoms with Crippen LogP contribution < -0.4 is 11.3 Å². The van der Waals surface area contributed by atoms with E-state index in [4.69, 9.17) is 17.4 Å². The molecule has 0 aliphatic carbocycles. The zero-order chi connectivity index (χ0) is 13.0. The summed E-state index contributed by atoms with van der Waals surface area (Å²) >= 11 is 6.18. The molecule has 0 bridgehead atoms. The van der Waals surface area contributed by atoms with Gasteiger partial charge in [0.05, 0.1) is 0 Å². The highest BCUT2D eigenvalue weighted by atomic mass is 35.5. The molecule has 1 heterocycles. The van der Waals surface area contributed by atoms with Crippen LogP contribution >= 0.6 is 11.6 Å². The van der Waals surface area contributed by atoms with Gasteiger partial charge in [0.1, 0.15) is 0 Å². The van der Waals surface area contributed by atoms with Crippen molar-refractivity contribution < 1.29 is 0 Å². The number of benzene rings is 1. The van der Waals surface area contributed by atoms with E-state index < -0.39 is 0 Å². The highest BCUT2D eigenvalue weighted by molar-refractivity contribution is 6.31. The maximum atomic E-state index is 6.18. The van der Waals surface area contributed by atoms with E-state index in [1.54, 1.807) is 6.20 Å². The van der Waals surface area contributed by atoms with Crippen LogP contribution in [-0.2, 0) is 13.5 Å². The predicted molar refractivity (Wildman–Crippen MR) is 73.0 cm³/mol. The molecule has 1 aromatic heterocycles. The first-order valence-electron chi connectivity index (χ1n) is 5.90. The molecular formula is C13H17ClN4. The zero-order valence-corrected chi connectivity index (χ0v) is 11.1. The second kappa shape index (κ2) is 6.00. The average molecular weight is 265 g/mol. The SMILES string of the molecule is Cn1nccc1CCC(NN)c1ccccc1Cl. The Bertz CT molecular complexity index is 509. The molecule has 3 N–H and O–H groups in total. The number of nitrogens with zero attached hydrogens (tertiary/aromatic N) is 2. The number of halogens is 1. The molecule has 0 aliphatic heterocycles. The third-order valence-electron chi connectivity index (χ3n) is 3.09. The van der Waals surface area contributed by atoms with Crippen molar-refractivity contribution in [2.24, 2.45) is 12.9 Å². The number of hydrogen-bond donors (Lipinski definition) is 2. The fourth-order valence-electron chi connectivity index (χ4n) is 2.03. The molecule has 0 radical (unpaired) electrons. The summed E-state index contributed by atoms with van der Waals surface area (Å²) in [6.45, 7) is 0. The van der Waals surface area contributed by atoms with Gasteiger partial charge in [0.25, 0.3) is 0 Å². The van der Waals surface area contributed by atoms with E-state index in [1.807, 2.05) is 42.1 Å². The van der Waals surface area contributed by atoms with Crippen molar-refractivity contribution in [3.63, 3.8) is 0 Å². The highest BCUT2D eigenvalue weighted by Crippen LogP contribution is 2.25. The summed E-state index contributed by atoms with van der Waals surface area (Å²) in [5.74, 6) is 5.62. The third kappa shape index (κ3) is 2.90. The van der Waals surface area contributed by atoms with E-state index in [0.29, 0.717) is 0 Å². The maximum Gasteiger partial charge on any atom is 0.0492 e. The van der Waals surface area contributed by atoms with Crippen molar-refractivity contribution in [1.29, 1.82) is 0 Å². The van der Waals surface area contributed by atoms with Crippen LogP contribution in [-0.4, -0.2) is 9.78 Å². The molecular weight excluding hydrogens is 248 g/mol. The number of rotatable bonds is 5. The Balaban J connectivity index is 2.07. The van der Waals surface area contributed by atoms with E-state index >= 15 is 0 Å². The fourth-order valence-corrected chi connectivity index (χ4v) is 2.29. The predicted octanol–water partition coefficient (Wildman–Crippen LogP) is 2.21. The molecule has 0 saturated heterocycles. The van der Waals surface area contributed by atoms with E-state index in [-0.39, 0.29) is 6.04 Å². The summed E-state index contributed by atoms with van der Waals surface area (Å²) in [4.78, 5) is 0. The molecule has 0 amide bonds. The normalized spacial score (nSPS) is 12.6. The van der Waals surface area contributed by atoms with Crippen molar-refractivity contribution in [3.8, 4) is 0 Å². The number of hydrazine groups is 1. The first-order valence-corrected chi connectivity index (χ1v) is 6.27. The standard InChI is InChI=1S/C13H17ClN4/c1-18-10(8-9-16-18)6-7-13(17-15)11-4-2-3-5-12(11)14/h2-5,8-9,13,17H,6-7,15H2,1H3. The minimum atomic E-state index is 0.0496. The van der Waals surface area contributed by atoms with Crippen LogP contribution in [0.25, 0.3) is 0 Å². The Kier molecular flexibility index (Phi) is 4.36. The smallest absolute Gasteiger partial charge is 0.0492 e. The largest absolute Gasteiger partial charge is 0.273 e. The Morgan fingerprint density at radius 1 is 1.39 bits per heavy atom. The summed E-state index contributed by atoms with van der Waals surface area (Å²) in [6, 6.07) is 9.83. The van der Waals surface area contributed by atoms with Crippen LogP contribution in [0.2, 0.25) is 5.02 Å². The van der Waals surface area contributed by atoms with E-state index in [0.717, 1.165) is 23.4 Å². The van der Waals surface area contributed by atoms with Gasteiger partial charge in [0, 0.05) is 30.0 Å².